The molecule has 0 amide bonds. The number of nitrogens with one attached hydrogen (secondary N) is 1. The van der Waals surface area contributed by atoms with Crippen molar-refractivity contribution in [3.8, 4) is 0 Å². The molecular weight excluding hydrogens is 246 g/mol. The Kier molecular flexibility index (Phi) is 6.52. The summed E-state index contributed by atoms with van der Waals surface area (Å²) in [6.45, 7) is 6.16. The van der Waals surface area contributed by atoms with E-state index in [2.05, 4.69) is 5.32 Å². The van der Waals surface area contributed by atoms with E-state index in [1.165, 1.54) is 10.6 Å². The average molecular weight is 269 g/mol. The van der Waals surface area contributed by atoms with Gasteiger partial charge < -0.3 is 14.6 Å². The summed E-state index contributed by atoms with van der Waals surface area (Å²) in [6, 6.07) is 1.64. The lowest BCUT2D eigenvalue weighted by Gasteiger charge is -2.13. The van der Waals surface area contributed by atoms with Crippen molar-refractivity contribution < 1.29 is 4.74 Å². The van der Waals surface area contributed by atoms with Gasteiger partial charge in [0, 0.05) is 45.0 Å². The zero-order chi connectivity index (χ0) is 14.3. The topological polar surface area (TPSA) is 65.3 Å². The Morgan fingerprint density at radius 2 is 2.11 bits per heavy atom. The fourth-order valence-corrected chi connectivity index (χ4v) is 1.91. The van der Waals surface area contributed by atoms with Gasteiger partial charge in [-0.1, -0.05) is 6.92 Å². The quantitative estimate of drug-likeness (QED) is 0.724. The highest BCUT2D eigenvalue weighted by atomic mass is 16.5. The summed E-state index contributed by atoms with van der Waals surface area (Å²) in [5.74, 6) is 0. The summed E-state index contributed by atoms with van der Waals surface area (Å²) < 4.78 is 7.84. The highest BCUT2D eigenvalue weighted by Crippen LogP contribution is 1.85. The molecule has 1 unspecified atom stereocenters. The van der Waals surface area contributed by atoms with Crippen LogP contribution < -0.4 is 16.6 Å². The zero-order valence-electron chi connectivity index (χ0n) is 11.9. The second-order valence-corrected chi connectivity index (χ2v) is 4.59. The van der Waals surface area contributed by atoms with Crippen LogP contribution in [-0.2, 0) is 17.8 Å². The maximum absolute atomic E-state index is 12.1. The molecule has 6 nitrogen and oxygen atoms in total. The third-order valence-electron chi connectivity index (χ3n) is 2.85. The van der Waals surface area contributed by atoms with Crippen LogP contribution in [0.2, 0.25) is 0 Å². The molecule has 1 N–H and O–H groups in total. The van der Waals surface area contributed by atoms with Gasteiger partial charge in [-0.05, 0) is 13.3 Å². The fourth-order valence-electron chi connectivity index (χ4n) is 1.91. The SMILES string of the molecule is CCCn1ccc(=O)n(CCNC(C)COC)c1=O. The molecule has 0 fully saturated rings. The van der Waals surface area contributed by atoms with Crippen LogP contribution in [0.15, 0.2) is 21.9 Å². The minimum atomic E-state index is -0.251. The number of aromatic nitrogens is 2. The van der Waals surface area contributed by atoms with Crippen molar-refractivity contribution in [2.75, 3.05) is 20.3 Å². The molecule has 1 rings (SSSR count). The highest BCUT2D eigenvalue weighted by Gasteiger charge is 2.05. The fraction of sp³-hybridized carbons (Fsp3) is 0.692. The van der Waals surface area contributed by atoms with E-state index in [4.69, 9.17) is 4.74 Å². The molecular formula is C13H23N3O3. The van der Waals surface area contributed by atoms with Crippen LogP contribution in [0.1, 0.15) is 20.3 Å². The molecule has 0 bridgehead atoms. The number of nitrogens with zero attached hydrogens (tertiary/aromatic N) is 2. The summed E-state index contributed by atoms with van der Waals surface area (Å²) in [6.07, 6.45) is 2.42. The van der Waals surface area contributed by atoms with Crippen molar-refractivity contribution >= 4 is 0 Å². The lowest BCUT2D eigenvalue weighted by atomic mass is 10.3. The van der Waals surface area contributed by atoms with E-state index >= 15 is 0 Å². The standard InChI is InChI=1S/C13H23N3O3/c1-4-7-15-8-5-12(17)16(13(15)18)9-6-14-11(2)10-19-3/h5,8,11,14H,4,6-7,9-10H2,1-3H3. The predicted molar refractivity (Wildman–Crippen MR) is 74.6 cm³/mol. The summed E-state index contributed by atoms with van der Waals surface area (Å²) in [4.78, 5) is 23.7. The Hall–Kier alpha value is -1.40. The van der Waals surface area contributed by atoms with Crippen molar-refractivity contribution in [2.45, 2.75) is 39.4 Å². The van der Waals surface area contributed by atoms with Crippen molar-refractivity contribution in [3.63, 3.8) is 0 Å². The molecule has 19 heavy (non-hydrogen) atoms. The first-order valence-corrected chi connectivity index (χ1v) is 6.62. The molecule has 0 radical (unpaired) electrons. The van der Waals surface area contributed by atoms with Crippen LogP contribution in [0.25, 0.3) is 0 Å². The minimum Gasteiger partial charge on any atom is -0.383 e. The predicted octanol–water partition coefficient (Wildman–Crippen LogP) is 0.0445. The van der Waals surface area contributed by atoms with Crippen molar-refractivity contribution in [2.24, 2.45) is 0 Å². The lowest BCUT2D eigenvalue weighted by molar-refractivity contribution is 0.171. The van der Waals surface area contributed by atoms with Gasteiger partial charge in [0.1, 0.15) is 0 Å². The molecule has 1 aromatic heterocycles. The average Bonchev–Trinajstić information content (AvgIpc) is 2.37. The second-order valence-electron chi connectivity index (χ2n) is 4.59. The van der Waals surface area contributed by atoms with E-state index in [0.29, 0.717) is 26.2 Å². The Morgan fingerprint density at radius 1 is 1.37 bits per heavy atom. The van der Waals surface area contributed by atoms with E-state index < -0.39 is 0 Å². The third-order valence-corrected chi connectivity index (χ3v) is 2.85. The molecule has 1 heterocycles. The summed E-state index contributed by atoms with van der Waals surface area (Å²) in [5, 5.41) is 3.21. The summed E-state index contributed by atoms with van der Waals surface area (Å²) >= 11 is 0. The number of hydrogen-bond donors (Lipinski definition) is 1. The van der Waals surface area contributed by atoms with Crippen LogP contribution in [0, 0.1) is 0 Å². The lowest BCUT2D eigenvalue weighted by Crippen LogP contribution is -2.42. The van der Waals surface area contributed by atoms with E-state index in [0.717, 1.165) is 6.42 Å². The maximum atomic E-state index is 12.1. The van der Waals surface area contributed by atoms with Crippen LogP contribution >= 0.6 is 0 Å². The zero-order valence-corrected chi connectivity index (χ0v) is 11.9. The molecule has 0 saturated heterocycles. The van der Waals surface area contributed by atoms with Crippen LogP contribution in [-0.4, -0.2) is 35.4 Å². The largest absolute Gasteiger partial charge is 0.383 e. The summed E-state index contributed by atoms with van der Waals surface area (Å²) in [7, 11) is 1.64. The van der Waals surface area contributed by atoms with Crippen molar-refractivity contribution in [1.82, 2.24) is 14.5 Å². The van der Waals surface area contributed by atoms with E-state index in [-0.39, 0.29) is 17.3 Å². The first-order valence-electron chi connectivity index (χ1n) is 6.62. The molecule has 1 aromatic rings. The highest BCUT2D eigenvalue weighted by molar-refractivity contribution is 4.86. The first-order chi connectivity index (χ1) is 9.10. The van der Waals surface area contributed by atoms with Gasteiger partial charge in [-0.25, -0.2) is 4.79 Å². The number of rotatable bonds is 8. The second kappa shape index (κ2) is 7.91. The van der Waals surface area contributed by atoms with Crippen LogP contribution in [0.3, 0.4) is 0 Å². The van der Waals surface area contributed by atoms with E-state index in [9.17, 15) is 9.59 Å². The Balaban J connectivity index is 2.70. The van der Waals surface area contributed by atoms with Gasteiger partial charge in [0.15, 0.2) is 0 Å². The Labute approximate surface area is 113 Å². The van der Waals surface area contributed by atoms with Gasteiger partial charge in [0.25, 0.3) is 5.56 Å². The van der Waals surface area contributed by atoms with Gasteiger partial charge in [-0.2, -0.15) is 0 Å². The molecule has 0 aliphatic rings. The molecule has 0 aliphatic carbocycles. The molecule has 0 aromatic carbocycles. The van der Waals surface area contributed by atoms with E-state index in [1.807, 2.05) is 13.8 Å². The van der Waals surface area contributed by atoms with Gasteiger partial charge in [-0.3, -0.25) is 9.36 Å². The minimum absolute atomic E-state index is 0.197. The molecule has 0 saturated carbocycles. The number of aryl methyl sites for hydroxylation is 1. The molecule has 108 valence electrons. The molecule has 0 spiro atoms. The summed E-state index contributed by atoms with van der Waals surface area (Å²) in [5.41, 5.74) is -0.492. The molecule has 0 aliphatic heterocycles. The molecule has 1 atom stereocenters. The van der Waals surface area contributed by atoms with Crippen molar-refractivity contribution in [1.29, 1.82) is 0 Å². The number of methoxy groups -OCH3 is 1. The third kappa shape index (κ3) is 4.65. The van der Waals surface area contributed by atoms with Crippen LogP contribution in [0.4, 0.5) is 0 Å². The smallest absolute Gasteiger partial charge is 0.331 e. The molecule has 6 heteroatoms. The Bertz CT molecular complexity index is 493. The maximum Gasteiger partial charge on any atom is 0.331 e. The normalized spacial score (nSPS) is 12.6. The van der Waals surface area contributed by atoms with Crippen molar-refractivity contribution in [3.05, 3.63) is 33.1 Å². The van der Waals surface area contributed by atoms with Gasteiger partial charge in [0.05, 0.1) is 6.61 Å². The van der Waals surface area contributed by atoms with Crippen LogP contribution in [0.5, 0.6) is 0 Å². The number of hydrogen-bond acceptors (Lipinski definition) is 4. The van der Waals surface area contributed by atoms with Gasteiger partial charge >= 0.3 is 5.69 Å². The number of ether oxygens (including phenoxy) is 1. The van der Waals surface area contributed by atoms with Gasteiger partial charge in [0.2, 0.25) is 0 Å². The first kappa shape index (κ1) is 15.7. The van der Waals surface area contributed by atoms with E-state index in [1.54, 1.807) is 17.9 Å². The Morgan fingerprint density at radius 3 is 2.74 bits per heavy atom. The monoisotopic (exact) mass is 269 g/mol. The van der Waals surface area contributed by atoms with Gasteiger partial charge in [-0.15, -0.1) is 0 Å².